The van der Waals surface area contributed by atoms with Gasteiger partial charge >= 0.3 is 0 Å². The van der Waals surface area contributed by atoms with Gasteiger partial charge < -0.3 is 5.32 Å². The van der Waals surface area contributed by atoms with Crippen molar-refractivity contribution in [1.82, 2.24) is 15.5 Å². The average Bonchev–Trinajstić information content (AvgIpc) is 2.99. The van der Waals surface area contributed by atoms with Crippen molar-refractivity contribution < 1.29 is 0 Å². The number of hydrogen-bond acceptors (Lipinski definition) is 4. The maximum Gasteiger partial charge on any atom is 0.131 e. The van der Waals surface area contributed by atoms with Gasteiger partial charge in [0.1, 0.15) is 10.0 Å². The van der Waals surface area contributed by atoms with E-state index in [-0.39, 0.29) is 0 Å². The normalized spacial score (nSPS) is 18.7. The zero-order valence-electron chi connectivity index (χ0n) is 10.8. The van der Waals surface area contributed by atoms with E-state index >= 15 is 0 Å². The summed E-state index contributed by atoms with van der Waals surface area (Å²) in [5.41, 5.74) is 2.97. The summed E-state index contributed by atoms with van der Waals surface area (Å²) in [5, 5.41) is 14.6. The van der Waals surface area contributed by atoms with Crippen LogP contribution in [0, 0.1) is 0 Å². The van der Waals surface area contributed by atoms with Crippen molar-refractivity contribution in [3.05, 3.63) is 45.4 Å². The van der Waals surface area contributed by atoms with Crippen LogP contribution >= 0.6 is 11.3 Å². The Kier molecular flexibility index (Phi) is 2.85. The second kappa shape index (κ2) is 4.69. The van der Waals surface area contributed by atoms with Crippen molar-refractivity contribution in [3.8, 4) is 0 Å². The van der Waals surface area contributed by atoms with Crippen molar-refractivity contribution >= 4 is 11.3 Å². The van der Waals surface area contributed by atoms with Gasteiger partial charge in [0.25, 0.3) is 0 Å². The molecule has 1 saturated carbocycles. The highest BCUT2D eigenvalue weighted by atomic mass is 32.1. The highest BCUT2D eigenvalue weighted by Crippen LogP contribution is 2.35. The largest absolute Gasteiger partial charge is 0.308 e. The molecule has 0 saturated heterocycles. The molecular weight excluding hydrogens is 254 g/mol. The Morgan fingerprint density at radius 1 is 1.11 bits per heavy atom. The van der Waals surface area contributed by atoms with E-state index in [4.69, 9.17) is 0 Å². The van der Waals surface area contributed by atoms with E-state index in [1.807, 2.05) is 0 Å². The minimum atomic E-state index is 0.546. The Labute approximate surface area is 117 Å². The van der Waals surface area contributed by atoms with Gasteiger partial charge in [-0.15, -0.1) is 10.2 Å². The van der Waals surface area contributed by atoms with Crippen molar-refractivity contribution in [3.63, 3.8) is 0 Å². The fraction of sp³-hybridized carbons (Fsp3) is 0.467. The number of fused-ring (bicyclic) bond motifs is 1. The zero-order chi connectivity index (χ0) is 12.7. The molecule has 19 heavy (non-hydrogen) atoms. The minimum Gasteiger partial charge on any atom is -0.308 e. The molecule has 98 valence electrons. The van der Waals surface area contributed by atoms with Gasteiger partial charge in [-0.05, 0) is 36.8 Å². The number of nitrogens with zero attached hydrogens (tertiary/aromatic N) is 2. The first-order valence-electron chi connectivity index (χ1n) is 7.01. The lowest BCUT2D eigenvalue weighted by atomic mass is 10.1. The van der Waals surface area contributed by atoms with Gasteiger partial charge in [-0.1, -0.05) is 35.6 Å². The summed E-state index contributed by atoms with van der Waals surface area (Å²) < 4.78 is 0. The molecular formula is C15H17N3S. The second-order valence-electron chi connectivity index (χ2n) is 5.56. The molecule has 0 bridgehead atoms. The molecule has 0 radical (unpaired) electrons. The van der Waals surface area contributed by atoms with Gasteiger partial charge in [0.15, 0.2) is 0 Å². The Balaban J connectivity index is 1.45. The maximum absolute atomic E-state index is 4.41. The van der Waals surface area contributed by atoms with Crippen LogP contribution in [0.3, 0.4) is 0 Å². The average molecular weight is 271 g/mol. The lowest BCUT2D eigenvalue weighted by Gasteiger charge is -2.02. The van der Waals surface area contributed by atoms with E-state index in [1.54, 1.807) is 11.3 Å². The maximum atomic E-state index is 4.41. The number of aromatic nitrogens is 2. The Morgan fingerprint density at radius 2 is 1.84 bits per heavy atom. The summed E-state index contributed by atoms with van der Waals surface area (Å²) >= 11 is 1.79. The zero-order valence-corrected chi connectivity index (χ0v) is 11.6. The molecule has 1 aromatic carbocycles. The van der Waals surface area contributed by atoms with Crippen molar-refractivity contribution in [2.45, 2.75) is 44.2 Å². The van der Waals surface area contributed by atoms with Gasteiger partial charge in [0, 0.05) is 18.5 Å². The monoisotopic (exact) mass is 271 g/mol. The number of nitrogens with one attached hydrogen (secondary N) is 1. The highest BCUT2D eigenvalue weighted by molar-refractivity contribution is 7.11. The van der Waals surface area contributed by atoms with Crippen LogP contribution in [0.2, 0.25) is 0 Å². The molecule has 2 aliphatic carbocycles. The van der Waals surface area contributed by atoms with E-state index in [0.717, 1.165) is 30.4 Å². The smallest absolute Gasteiger partial charge is 0.131 e. The van der Waals surface area contributed by atoms with Gasteiger partial charge in [-0.3, -0.25) is 0 Å². The summed E-state index contributed by atoms with van der Waals surface area (Å²) in [4.78, 5) is 0. The predicted molar refractivity (Wildman–Crippen MR) is 76.4 cm³/mol. The third-order valence-corrected chi connectivity index (χ3v) is 5.09. The molecule has 0 unspecified atom stereocenters. The summed E-state index contributed by atoms with van der Waals surface area (Å²) in [6.45, 7) is 0.891. The number of hydrogen-bond donors (Lipinski definition) is 1. The van der Waals surface area contributed by atoms with E-state index < -0.39 is 0 Å². The summed E-state index contributed by atoms with van der Waals surface area (Å²) in [7, 11) is 0. The second-order valence-corrected chi connectivity index (χ2v) is 6.66. The Morgan fingerprint density at radius 3 is 2.53 bits per heavy atom. The molecule has 1 aromatic heterocycles. The molecule has 0 atom stereocenters. The van der Waals surface area contributed by atoms with Gasteiger partial charge in [0.2, 0.25) is 0 Å². The van der Waals surface area contributed by atoms with Crippen molar-refractivity contribution in [2.75, 3.05) is 0 Å². The molecule has 2 aromatic rings. The molecule has 4 heteroatoms. The quantitative estimate of drug-likeness (QED) is 0.929. The Bertz CT molecular complexity index is 564. The fourth-order valence-corrected chi connectivity index (χ4v) is 3.65. The first-order chi connectivity index (χ1) is 9.38. The van der Waals surface area contributed by atoms with E-state index in [1.165, 1.54) is 29.0 Å². The molecule has 1 fully saturated rings. The Hall–Kier alpha value is -1.26. The summed E-state index contributed by atoms with van der Waals surface area (Å²) in [6.07, 6.45) is 4.90. The van der Waals surface area contributed by atoms with Crippen molar-refractivity contribution in [2.24, 2.45) is 0 Å². The van der Waals surface area contributed by atoms with Crippen LogP contribution in [0.25, 0.3) is 0 Å². The van der Waals surface area contributed by atoms with Gasteiger partial charge in [-0.25, -0.2) is 0 Å². The van der Waals surface area contributed by atoms with Crippen molar-refractivity contribution in [1.29, 1.82) is 0 Å². The molecule has 1 heterocycles. The molecule has 1 N–H and O–H groups in total. The lowest BCUT2D eigenvalue weighted by molar-refractivity contribution is 0.674. The number of rotatable bonds is 4. The third kappa shape index (κ3) is 2.42. The molecule has 0 spiro atoms. The lowest BCUT2D eigenvalue weighted by Crippen LogP contribution is -2.14. The van der Waals surface area contributed by atoms with Crippen LogP contribution < -0.4 is 5.32 Å². The summed E-state index contributed by atoms with van der Waals surface area (Å²) in [5.74, 6) is 0.546. The van der Waals surface area contributed by atoms with Crippen LogP contribution in [0.15, 0.2) is 24.3 Å². The standard InChI is InChI=1S/C15H17N3S/c1-2-4-11-8-12(7-10(11)3-1)15-18-17-14(19-15)9-16-13-5-6-13/h1-4,12-13,16H,5-9H2. The van der Waals surface area contributed by atoms with Gasteiger partial charge in [-0.2, -0.15) is 0 Å². The molecule has 0 aliphatic heterocycles. The van der Waals surface area contributed by atoms with Gasteiger partial charge in [0.05, 0.1) is 0 Å². The fourth-order valence-electron chi connectivity index (χ4n) is 2.76. The van der Waals surface area contributed by atoms with E-state index in [9.17, 15) is 0 Å². The van der Waals surface area contributed by atoms with Crippen LogP contribution in [-0.4, -0.2) is 16.2 Å². The first-order valence-corrected chi connectivity index (χ1v) is 7.82. The molecule has 3 nitrogen and oxygen atoms in total. The first kappa shape index (κ1) is 11.6. The third-order valence-electron chi connectivity index (χ3n) is 4.00. The van der Waals surface area contributed by atoms with E-state index in [2.05, 4.69) is 39.8 Å². The number of benzene rings is 1. The predicted octanol–water partition coefficient (Wildman–Crippen LogP) is 2.67. The van der Waals surface area contributed by atoms with Crippen LogP contribution in [0.4, 0.5) is 0 Å². The summed E-state index contributed by atoms with van der Waals surface area (Å²) in [6, 6.07) is 9.49. The van der Waals surface area contributed by atoms with Crippen LogP contribution in [-0.2, 0) is 19.4 Å². The van der Waals surface area contributed by atoms with Crippen LogP contribution in [0.1, 0.15) is 39.9 Å². The molecule has 2 aliphatic rings. The minimum absolute atomic E-state index is 0.546. The van der Waals surface area contributed by atoms with Crippen LogP contribution in [0.5, 0.6) is 0 Å². The molecule has 4 rings (SSSR count). The topological polar surface area (TPSA) is 37.8 Å². The molecule has 0 amide bonds. The SMILES string of the molecule is c1ccc2c(c1)CC(c1nnc(CNC3CC3)s1)C2. The highest BCUT2D eigenvalue weighted by Gasteiger charge is 2.26. The van der Waals surface area contributed by atoms with E-state index in [0.29, 0.717) is 5.92 Å².